The second-order valence-corrected chi connectivity index (χ2v) is 2.70. The van der Waals surface area contributed by atoms with E-state index in [-0.39, 0.29) is 0 Å². The number of hydrogen-bond acceptors (Lipinski definition) is 2. The highest BCUT2D eigenvalue weighted by Gasteiger charge is 1.90. The molecule has 3 heteroatoms. The highest BCUT2D eigenvalue weighted by Crippen LogP contribution is 2.01. The summed E-state index contributed by atoms with van der Waals surface area (Å²) in [6.45, 7) is 0. The molecule has 13 heavy (non-hydrogen) atoms. The number of para-hydroxylation sites is 1. The predicted molar refractivity (Wildman–Crippen MR) is 49.4 cm³/mol. The zero-order valence-corrected chi connectivity index (χ0v) is 7.01. The molecule has 2 aromatic rings. The molecule has 0 aliphatic heterocycles. The van der Waals surface area contributed by atoms with E-state index in [1.54, 1.807) is 16.9 Å². The van der Waals surface area contributed by atoms with Crippen molar-refractivity contribution in [2.45, 2.75) is 0 Å². The van der Waals surface area contributed by atoms with Crippen LogP contribution < -0.4 is 5.36 Å². The average Bonchev–Trinajstić information content (AvgIpc) is 2.20. The molecule has 0 amide bonds. The van der Waals surface area contributed by atoms with Gasteiger partial charge in [-0.25, -0.2) is 4.68 Å². The Hall–Kier alpha value is -1.90. The molecule has 0 saturated carbocycles. The van der Waals surface area contributed by atoms with E-state index in [4.69, 9.17) is 5.41 Å². The molecule has 0 unspecified atom stereocenters. The maximum Gasteiger partial charge on any atom is 0.0756 e. The second kappa shape index (κ2) is 3.23. The molecule has 0 aliphatic carbocycles. The Kier molecular flexibility index (Phi) is 1.92. The Morgan fingerprint density at radius 3 is 2.46 bits per heavy atom. The fraction of sp³-hybridized carbons (Fsp3) is 0. The topological polar surface area (TPSA) is 41.7 Å². The molecule has 0 radical (unpaired) electrons. The summed E-state index contributed by atoms with van der Waals surface area (Å²) < 4.78 is 1.73. The van der Waals surface area contributed by atoms with Crippen LogP contribution in [0.3, 0.4) is 0 Å². The molecule has 1 aromatic carbocycles. The fourth-order valence-electron chi connectivity index (χ4n) is 1.09. The Labute approximate surface area is 75.8 Å². The largest absolute Gasteiger partial charge is 0.299 e. The van der Waals surface area contributed by atoms with E-state index in [2.05, 4.69) is 5.10 Å². The van der Waals surface area contributed by atoms with Gasteiger partial charge >= 0.3 is 0 Å². The molecule has 1 aromatic heterocycles. The van der Waals surface area contributed by atoms with Crippen LogP contribution in [0.1, 0.15) is 0 Å². The fourth-order valence-corrected chi connectivity index (χ4v) is 1.09. The lowest BCUT2D eigenvalue weighted by atomic mass is 10.3. The molecule has 3 nitrogen and oxygen atoms in total. The average molecular weight is 171 g/mol. The van der Waals surface area contributed by atoms with Crippen molar-refractivity contribution in [3.8, 4) is 5.69 Å². The van der Waals surface area contributed by atoms with Crippen LogP contribution in [0.15, 0.2) is 48.8 Å². The minimum Gasteiger partial charge on any atom is -0.299 e. The SMILES string of the molecule is N=c1ccn(-c2ccccc2)nc1. The van der Waals surface area contributed by atoms with E-state index < -0.39 is 0 Å². The third kappa shape index (κ3) is 1.64. The van der Waals surface area contributed by atoms with Crippen LogP contribution in [0.25, 0.3) is 5.69 Å². The summed E-state index contributed by atoms with van der Waals surface area (Å²) in [5.74, 6) is 0. The molecule has 0 saturated heterocycles. The second-order valence-electron chi connectivity index (χ2n) is 2.70. The molecule has 0 fully saturated rings. The molecular weight excluding hydrogens is 162 g/mol. The lowest BCUT2D eigenvalue weighted by Crippen LogP contribution is -2.06. The van der Waals surface area contributed by atoms with Crippen LogP contribution in [-0.4, -0.2) is 9.78 Å². The minimum absolute atomic E-state index is 0.423. The lowest BCUT2D eigenvalue weighted by Gasteiger charge is -2.02. The molecule has 0 bridgehead atoms. The van der Waals surface area contributed by atoms with Crippen molar-refractivity contribution in [3.05, 3.63) is 54.1 Å². The van der Waals surface area contributed by atoms with Gasteiger partial charge in [-0.3, -0.25) is 5.41 Å². The minimum atomic E-state index is 0.423. The third-order valence-electron chi connectivity index (χ3n) is 1.74. The van der Waals surface area contributed by atoms with Crippen molar-refractivity contribution in [1.29, 1.82) is 5.41 Å². The van der Waals surface area contributed by atoms with E-state index in [1.807, 2.05) is 30.3 Å². The predicted octanol–water partition coefficient (Wildman–Crippen LogP) is 1.35. The summed E-state index contributed by atoms with van der Waals surface area (Å²) in [5.41, 5.74) is 1.00. The normalized spacial score (nSPS) is 9.85. The van der Waals surface area contributed by atoms with Crippen molar-refractivity contribution in [1.82, 2.24) is 9.78 Å². The molecule has 0 spiro atoms. The number of rotatable bonds is 1. The Bertz CT molecular complexity index is 425. The van der Waals surface area contributed by atoms with Crippen LogP contribution in [0, 0.1) is 5.41 Å². The van der Waals surface area contributed by atoms with E-state index in [0.29, 0.717) is 5.36 Å². The first kappa shape index (κ1) is 7.73. The summed E-state index contributed by atoms with van der Waals surface area (Å²) in [5, 5.41) is 11.8. The Morgan fingerprint density at radius 2 is 1.85 bits per heavy atom. The molecule has 1 N–H and O–H groups in total. The van der Waals surface area contributed by atoms with E-state index in [1.165, 1.54) is 6.20 Å². The highest BCUT2D eigenvalue weighted by molar-refractivity contribution is 5.29. The Balaban J connectivity index is 2.48. The maximum atomic E-state index is 7.28. The lowest BCUT2D eigenvalue weighted by molar-refractivity contribution is 0.829. The van der Waals surface area contributed by atoms with Gasteiger partial charge in [-0.15, -0.1) is 0 Å². The van der Waals surface area contributed by atoms with Gasteiger partial charge in [-0.1, -0.05) is 18.2 Å². The molecule has 0 aliphatic rings. The van der Waals surface area contributed by atoms with Crippen molar-refractivity contribution in [2.24, 2.45) is 0 Å². The summed E-state index contributed by atoms with van der Waals surface area (Å²) in [6, 6.07) is 11.5. The third-order valence-corrected chi connectivity index (χ3v) is 1.74. The summed E-state index contributed by atoms with van der Waals surface area (Å²) in [6.07, 6.45) is 3.30. The number of nitrogens with one attached hydrogen (secondary N) is 1. The molecule has 0 atom stereocenters. The first-order valence-corrected chi connectivity index (χ1v) is 4.01. The van der Waals surface area contributed by atoms with E-state index >= 15 is 0 Å². The van der Waals surface area contributed by atoms with E-state index in [9.17, 15) is 0 Å². The summed E-state index contributed by atoms with van der Waals surface area (Å²) in [4.78, 5) is 0. The highest BCUT2D eigenvalue weighted by atomic mass is 15.3. The van der Waals surface area contributed by atoms with Crippen LogP contribution in [-0.2, 0) is 0 Å². The molecule has 2 rings (SSSR count). The maximum absolute atomic E-state index is 7.28. The number of hydrogen-bond donors (Lipinski definition) is 1. The van der Waals surface area contributed by atoms with Gasteiger partial charge in [-0.05, 0) is 18.2 Å². The zero-order valence-electron chi connectivity index (χ0n) is 7.01. The van der Waals surface area contributed by atoms with Crippen LogP contribution >= 0.6 is 0 Å². The smallest absolute Gasteiger partial charge is 0.0756 e. The van der Waals surface area contributed by atoms with Gasteiger partial charge in [0.1, 0.15) is 0 Å². The number of benzene rings is 1. The van der Waals surface area contributed by atoms with Gasteiger partial charge in [0.25, 0.3) is 0 Å². The molecule has 1 heterocycles. The molecule has 64 valence electrons. The Morgan fingerprint density at radius 1 is 1.08 bits per heavy atom. The number of aromatic nitrogens is 2. The zero-order chi connectivity index (χ0) is 9.10. The van der Waals surface area contributed by atoms with Crippen molar-refractivity contribution in [3.63, 3.8) is 0 Å². The van der Waals surface area contributed by atoms with Crippen molar-refractivity contribution >= 4 is 0 Å². The van der Waals surface area contributed by atoms with Crippen LogP contribution in [0.4, 0.5) is 0 Å². The monoisotopic (exact) mass is 171 g/mol. The van der Waals surface area contributed by atoms with E-state index in [0.717, 1.165) is 5.69 Å². The van der Waals surface area contributed by atoms with Gasteiger partial charge < -0.3 is 0 Å². The molecular formula is C10H9N3. The van der Waals surface area contributed by atoms with Gasteiger partial charge in [0.05, 0.1) is 17.2 Å². The number of nitrogens with zero attached hydrogens (tertiary/aromatic N) is 2. The first-order chi connectivity index (χ1) is 6.36. The van der Waals surface area contributed by atoms with Gasteiger partial charge in [-0.2, -0.15) is 5.10 Å². The van der Waals surface area contributed by atoms with Crippen molar-refractivity contribution in [2.75, 3.05) is 0 Å². The quantitative estimate of drug-likeness (QED) is 0.691. The van der Waals surface area contributed by atoms with Gasteiger partial charge in [0, 0.05) is 6.20 Å². The first-order valence-electron chi connectivity index (χ1n) is 4.01. The summed E-state index contributed by atoms with van der Waals surface area (Å²) in [7, 11) is 0. The summed E-state index contributed by atoms with van der Waals surface area (Å²) >= 11 is 0. The van der Waals surface area contributed by atoms with Crippen LogP contribution in [0.2, 0.25) is 0 Å². The van der Waals surface area contributed by atoms with Crippen LogP contribution in [0.5, 0.6) is 0 Å². The standard InChI is InChI=1S/C10H9N3/c11-9-6-7-13(12-8-9)10-4-2-1-3-5-10/h1-8,11H. The van der Waals surface area contributed by atoms with Gasteiger partial charge in [0.2, 0.25) is 0 Å². The van der Waals surface area contributed by atoms with Gasteiger partial charge in [0.15, 0.2) is 0 Å². The van der Waals surface area contributed by atoms with Crippen molar-refractivity contribution < 1.29 is 0 Å².